The Balaban J connectivity index is 3.40. The van der Waals surface area contributed by atoms with E-state index in [0.717, 1.165) is 18.2 Å². The van der Waals surface area contributed by atoms with Crippen LogP contribution in [0.3, 0.4) is 0 Å². The Morgan fingerprint density at radius 3 is 2.42 bits per heavy atom. The fraction of sp³-hybridized carbons (Fsp3) is 0.750. The van der Waals surface area contributed by atoms with Gasteiger partial charge in [-0.25, -0.2) is 0 Å². The molecule has 0 heterocycles. The largest absolute Gasteiger partial charge is 0.296 e. The van der Waals surface area contributed by atoms with Crippen molar-refractivity contribution in [1.82, 2.24) is 5.32 Å². The van der Waals surface area contributed by atoms with Crippen LogP contribution in [0.4, 0.5) is 0 Å². The van der Waals surface area contributed by atoms with Crippen LogP contribution in [0.5, 0.6) is 0 Å². The van der Waals surface area contributed by atoms with E-state index in [2.05, 4.69) is 21.2 Å². The van der Waals surface area contributed by atoms with Gasteiger partial charge in [0.1, 0.15) is 0 Å². The number of nitrogens with one attached hydrogen (secondary N) is 1. The fourth-order valence-electron chi connectivity index (χ4n) is 0.686. The SMILES string of the molecule is CCC(=O)NC(=O)CCCCBr. The summed E-state index contributed by atoms with van der Waals surface area (Å²) in [6.45, 7) is 1.72. The molecule has 0 atom stereocenters. The van der Waals surface area contributed by atoms with Gasteiger partial charge in [-0.1, -0.05) is 22.9 Å². The van der Waals surface area contributed by atoms with Crippen molar-refractivity contribution in [2.45, 2.75) is 32.6 Å². The molecule has 0 aliphatic heterocycles. The zero-order valence-corrected chi connectivity index (χ0v) is 8.82. The van der Waals surface area contributed by atoms with Crippen LogP contribution in [0.1, 0.15) is 32.6 Å². The summed E-state index contributed by atoms with van der Waals surface area (Å²) in [6.07, 6.45) is 2.60. The van der Waals surface area contributed by atoms with Crippen molar-refractivity contribution < 1.29 is 9.59 Å². The van der Waals surface area contributed by atoms with Crippen LogP contribution >= 0.6 is 15.9 Å². The molecule has 0 bridgehead atoms. The van der Waals surface area contributed by atoms with Crippen LogP contribution in [0.25, 0.3) is 0 Å². The third-order valence-corrected chi connectivity index (χ3v) is 1.95. The topological polar surface area (TPSA) is 46.2 Å². The molecule has 0 spiro atoms. The molecule has 2 amide bonds. The minimum absolute atomic E-state index is 0.164. The molecule has 12 heavy (non-hydrogen) atoms. The third-order valence-electron chi connectivity index (χ3n) is 1.39. The molecular formula is C8H14BrNO2. The first-order valence-corrected chi connectivity index (χ1v) is 5.21. The predicted molar refractivity (Wildman–Crippen MR) is 51.1 cm³/mol. The Bertz CT molecular complexity index is 159. The summed E-state index contributed by atoms with van der Waals surface area (Å²) in [5.74, 6) is -0.360. The van der Waals surface area contributed by atoms with Gasteiger partial charge in [0, 0.05) is 18.2 Å². The van der Waals surface area contributed by atoms with Crippen molar-refractivity contribution in [3.05, 3.63) is 0 Å². The molecule has 0 rings (SSSR count). The number of alkyl halides is 1. The quantitative estimate of drug-likeness (QED) is 0.582. The van der Waals surface area contributed by atoms with Gasteiger partial charge in [-0.3, -0.25) is 14.9 Å². The summed E-state index contributed by atoms with van der Waals surface area (Å²) in [7, 11) is 0. The van der Waals surface area contributed by atoms with E-state index in [9.17, 15) is 9.59 Å². The standard InChI is InChI=1S/C8H14BrNO2/c1-2-7(11)10-8(12)5-3-4-6-9/h2-6H2,1H3,(H,10,11,12). The number of hydrogen-bond donors (Lipinski definition) is 1. The van der Waals surface area contributed by atoms with Crippen LogP contribution in [0.2, 0.25) is 0 Å². The zero-order valence-electron chi connectivity index (χ0n) is 7.23. The Kier molecular flexibility index (Phi) is 7.05. The molecular weight excluding hydrogens is 222 g/mol. The third kappa shape index (κ3) is 6.34. The molecule has 0 saturated heterocycles. The highest BCUT2D eigenvalue weighted by Gasteiger charge is 2.03. The van der Waals surface area contributed by atoms with Crippen LogP contribution in [-0.2, 0) is 9.59 Å². The molecule has 0 unspecified atom stereocenters. The molecule has 0 aliphatic carbocycles. The number of halogens is 1. The number of rotatable bonds is 5. The Morgan fingerprint density at radius 2 is 1.92 bits per heavy atom. The van der Waals surface area contributed by atoms with E-state index in [4.69, 9.17) is 0 Å². The molecule has 0 radical (unpaired) electrons. The molecule has 0 saturated carbocycles. The first-order chi connectivity index (χ1) is 5.70. The number of carbonyl (C=O) groups excluding carboxylic acids is 2. The Morgan fingerprint density at radius 1 is 1.25 bits per heavy atom. The molecule has 0 aliphatic rings. The van der Waals surface area contributed by atoms with Gasteiger partial charge in [0.25, 0.3) is 0 Å². The number of unbranched alkanes of at least 4 members (excludes halogenated alkanes) is 1. The van der Waals surface area contributed by atoms with Crippen molar-refractivity contribution in [2.75, 3.05) is 5.33 Å². The fourth-order valence-corrected chi connectivity index (χ4v) is 1.08. The van der Waals surface area contributed by atoms with Gasteiger partial charge in [0.15, 0.2) is 0 Å². The maximum Gasteiger partial charge on any atom is 0.226 e. The molecule has 3 nitrogen and oxygen atoms in total. The number of hydrogen-bond acceptors (Lipinski definition) is 2. The smallest absolute Gasteiger partial charge is 0.226 e. The first kappa shape index (κ1) is 11.6. The summed E-state index contributed by atoms with van der Waals surface area (Å²) in [5, 5.41) is 3.20. The van der Waals surface area contributed by atoms with Crippen molar-refractivity contribution in [2.24, 2.45) is 0 Å². The van der Waals surface area contributed by atoms with Gasteiger partial charge in [-0.05, 0) is 12.8 Å². The van der Waals surface area contributed by atoms with E-state index < -0.39 is 0 Å². The number of amides is 2. The van der Waals surface area contributed by atoms with Crippen molar-refractivity contribution in [1.29, 1.82) is 0 Å². The first-order valence-electron chi connectivity index (χ1n) is 4.09. The summed E-state index contributed by atoms with van der Waals surface area (Å²) in [6, 6.07) is 0. The minimum Gasteiger partial charge on any atom is -0.296 e. The molecule has 0 aromatic rings. The summed E-state index contributed by atoms with van der Waals surface area (Å²) in [4.78, 5) is 21.7. The van der Waals surface area contributed by atoms with E-state index in [1.165, 1.54) is 0 Å². The monoisotopic (exact) mass is 235 g/mol. The lowest BCUT2D eigenvalue weighted by Gasteiger charge is -2.00. The lowest BCUT2D eigenvalue weighted by Crippen LogP contribution is -2.29. The second-order valence-electron chi connectivity index (χ2n) is 2.47. The van der Waals surface area contributed by atoms with Gasteiger partial charge in [-0.2, -0.15) is 0 Å². The highest BCUT2D eigenvalue weighted by atomic mass is 79.9. The molecule has 70 valence electrons. The lowest BCUT2D eigenvalue weighted by molar-refractivity contribution is -0.130. The van der Waals surface area contributed by atoms with Crippen LogP contribution < -0.4 is 5.32 Å². The zero-order chi connectivity index (χ0) is 9.40. The van der Waals surface area contributed by atoms with Crippen LogP contribution in [0, 0.1) is 0 Å². The lowest BCUT2D eigenvalue weighted by atomic mass is 10.2. The van der Waals surface area contributed by atoms with E-state index in [1.54, 1.807) is 6.92 Å². The molecule has 0 aromatic heterocycles. The molecule has 0 fully saturated rings. The molecule has 0 aromatic carbocycles. The van der Waals surface area contributed by atoms with E-state index >= 15 is 0 Å². The van der Waals surface area contributed by atoms with Crippen molar-refractivity contribution >= 4 is 27.7 Å². The van der Waals surface area contributed by atoms with Gasteiger partial charge in [0.05, 0.1) is 0 Å². The molecule has 1 N–H and O–H groups in total. The maximum atomic E-state index is 10.9. The Hall–Kier alpha value is -0.380. The molecule has 4 heteroatoms. The number of imide groups is 1. The van der Waals surface area contributed by atoms with Crippen molar-refractivity contribution in [3.63, 3.8) is 0 Å². The Labute approximate surface area is 81.0 Å². The van der Waals surface area contributed by atoms with Gasteiger partial charge >= 0.3 is 0 Å². The van der Waals surface area contributed by atoms with Gasteiger partial charge in [0.2, 0.25) is 11.8 Å². The summed E-state index contributed by atoms with van der Waals surface area (Å²) in [5.41, 5.74) is 0. The van der Waals surface area contributed by atoms with Crippen LogP contribution in [-0.4, -0.2) is 17.1 Å². The van der Waals surface area contributed by atoms with Gasteiger partial charge < -0.3 is 0 Å². The number of carbonyl (C=O) groups is 2. The highest BCUT2D eigenvalue weighted by Crippen LogP contribution is 1.98. The second-order valence-corrected chi connectivity index (χ2v) is 3.26. The average Bonchev–Trinajstić information content (AvgIpc) is 2.05. The summed E-state index contributed by atoms with van der Waals surface area (Å²) < 4.78 is 0. The maximum absolute atomic E-state index is 10.9. The van der Waals surface area contributed by atoms with E-state index in [1.807, 2.05) is 0 Å². The normalized spacial score (nSPS) is 9.50. The van der Waals surface area contributed by atoms with Crippen LogP contribution in [0.15, 0.2) is 0 Å². The summed E-state index contributed by atoms with van der Waals surface area (Å²) >= 11 is 3.27. The average molecular weight is 236 g/mol. The van der Waals surface area contributed by atoms with E-state index in [-0.39, 0.29) is 11.8 Å². The predicted octanol–water partition coefficient (Wildman–Crippen LogP) is 1.60. The second kappa shape index (κ2) is 7.28. The highest BCUT2D eigenvalue weighted by molar-refractivity contribution is 9.09. The minimum atomic E-state index is -0.196. The van der Waals surface area contributed by atoms with E-state index in [0.29, 0.717) is 12.8 Å². The van der Waals surface area contributed by atoms with Gasteiger partial charge in [-0.15, -0.1) is 0 Å². The van der Waals surface area contributed by atoms with Crippen molar-refractivity contribution in [3.8, 4) is 0 Å².